The Morgan fingerprint density at radius 2 is 1.80 bits per heavy atom. The van der Waals surface area contributed by atoms with Gasteiger partial charge in [-0.05, 0) is 93.0 Å². The van der Waals surface area contributed by atoms with Crippen molar-refractivity contribution < 1.29 is 23.5 Å². The molecular weight excluding hydrogens is 621 g/mol. The second-order valence-corrected chi connectivity index (χ2v) is 13.8. The smallest absolute Gasteiger partial charge is 0.255 e. The van der Waals surface area contributed by atoms with Crippen LogP contribution in [-0.4, -0.2) is 71.4 Å². The molecule has 1 atom stereocenters. The zero-order valence-electron chi connectivity index (χ0n) is 28.3. The number of nitrogens with zero attached hydrogens (tertiary/aromatic N) is 4. The van der Waals surface area contributed by atoms with Crippen molar-refractivity contribution in [3.05, 3.63) is 83.4 Å². The first-order chi connectivity index (χ1) is 23.9. The molecule has 1 amide bonds. The van der Waals surface area contributed by atoms with Gasteiger partial charge in [-0.25, -0.2) is 14.4 Å². The van der Waals surface area contributed by atoms with Gasteiger partial charge in [0, 0.05) is 30.0 Å². The fourth-order valence-corrected chi connectivity index (χ4v) is 7.72. The molecule has 0 bridgehead atoms. The van der Waals surface area contributed by atoms with Gasteiger partial charge in [0.2, 0.25) is 0 Å². The summed E-state index contributed by atoms with van der Waals surface area (Å²) in [5.41, 5.74) is 3.06. The molecule has 3 aromatic carbocycles. The highest BCUT2D eigenvalue weighted by Gasteiger charge is 2.40. The Hall–Kier alpha value is -4.57. The van der Waals surface area contributed by atoms with Crippen LogP contribution in [0, 0.1) is 17.7 Å². The summed E-state index contributed by atoms with van der Waals surface area (Å²) in [5, 5.41) is 3.79. The number of benzene rings is 3. The van der Waals surface area contributed by atoms with Gasteiger partial charge in [0.15, 0.2) is 17.3 Å². The van der Waals surface area contributed by atoms with E-state index < -0.39 is 11.9 Å². The number of carbonyl (C=O) groups is 2. The third-order valence-electron chi connectivity index (χ3n) is 10.5. The molecule has 4 aromatic rings. The van der Waals surface area contributed by atoms with Crippen LogP contribution in [0.25, 0.3) is 10.9 Å². The van der Waals surface area contributed by atoms with E-state index in [-0.39, 0.29) is 29.7 Å². The molecule has 0 radical (unpaired) electrons. The Kier molecular flexibility index (Phi) is 9.75. The molecule has 1 aromatic heterocycles. The molecule has 1 saturated carbocycles. The largest absolute Gasteiger partial charge is 0.493 e. The average molecular weight is 666 g/mol. The molecule has 1 aliphatic carbocycles. The molecule has 3 aliphatic rings. The summed E-state index contributed by atoms with van der Waals surface area (Å²) in [6.07, 6.45) is 8.74. The van der Waals surface area contributed by atoms with Crippen molar-refractivity contribution in [2.45, 2.75) is 64.0 Å². The first-order valence-corrected chi connectivity index (χ1v) is 17.5. The predicted molar refractivity (Wildman–Crippen MR) is 187 cm³/mol. The summed E-state index contributed by atoms with van der Waals surface area (Å²) in [6.45, 7) is 3.17. The molecule has 1 saturated heterocycles. The van der Waals surface area contributed by atoms with Gasteiger partial charge in [0.1, 0.15) is 18.0 Å². The number of anilines is 2. The van der Waals surface area contributed by atoms with Gasteiger partial charge in [-0.2, -0.15) is 0 Å². The monoisotopic (exact) mass is 665 g/mol. The molecular formula is C39H44FN5O4. The number of hydrogen-bond donors (Lipinski definition) is 1. The fourth-order valence-electron chi connectivity index (χ4n) is 7.72. The molecule has 0 spiro atoms. The van der Waals surface area contributed by atoms with Crippen molar-refractivity contribution in [1.82, 2.24) is 19.8 Å². The van der Waals surface area contributed by atoms with Crippen LogP contribution in [-0.2, 0) is 17.8 Å². The van der Waals surface area contributed by atoms with Crippen LogP contribution >= 0.6 is 0 Å². The number of methoxy groups -OCH3 is 1. The topological polar surface area (TPSA) is 96.9 Å². The number of fused-ring (bicyclic) bond motifs is 2. The van der Waals surface area contributed by atoms with Crippen LogP contribution in [0.3, 0.4) is 0 Å². The highest BCUT2D eigenvalue weighted by atomic mass is 19.1. The van der Waals surface area contributed by atoms with Crippen LogP contribution in [0.4, 0.5) is 15.9 Å². The normalized spacial score (nSPS) is 18.0. The number of piperidine rings is 1. The minimum absolute atomic E-state index is 0.0455. The van der Waals surface area contributed by atoms with Crippen molar-refractivity contribution in [3.63, 3.8) is 0 Å². The summed E-state index contributed by atoms with van der Waals surface area (Å²) in [6, 6.07) is 15.5. The van der Waals surface area contributed by atoms with E-state index in [4.69, 9.17) is 9.47 Å². The lowest BCUT2D eigenvalue weighted by atomic mass is 9.80. The summed E-state index contributed by atoms with van der Waals surface area (Å²) in [5.74, 6) is 1.56. The van der Waals surface area contributed by atoms with Gasteiger partial charge in [0.25, 0.3) is 5.91 Å². The average Bonchev–Trinajstić information content (AvgIpc) is 3.44. The maximum atomic E-state index is 15.7. The highest BCUT2D eigenvalue weighted by Crippen LogP contribution is 2.37. The Morgan fingerprint density at radius 1 is 1.00 bits per heavy atom. The number of rotatable bonds is 11. The number of ether oxygens (including phenoxy) is 2. The number of carbonyl (C=O) groups excluding carboxylic acids is 2. The summed E-state index contributed by atoms with van der Waals surface area (Å²) < 4.78 is 27.5. The third-order valence-corrected chi connectivity index (χ3v) is 10.5. The molecule has 3 heterocycles. The Balaban J connectivity index is 1.07. The molecule has 49 heavy (non-hydrogen) atoms. The van der Waals surface area contributed by atoms with Crippen molar-refractivity contribution in [2.75, 3.05) is 39.2 Å². The van der Waals surface area contributed by atoms with Gasteiger partial charge < -0.3 is 24.6 Å². The number of nitrogens with one attached hydrogen (secondary N) is 1. The van der Waals surface area contributed by atoms with Gasteiger partial charge in [-0.1, -0.05) is 43.5 Å². The van der Waals surface area contributed by atoms with Crippen LogP contribution in [0.5, 0.6) is 11.5 Å². The molecule has 9 nitrogen and oxygen atoms in total. The molecule has 256 valence electrons. The van der Waals surface area contributed by atoms with Gasteiger partial charge in [-0.3, -0.25) is 9.59 Å². The van der Waals surface area contributed by atoms with Gasteiger partial charge in [0.05, 0.1) is 31.0 Å². The van der Waals surface area contributed by atoms with E-state index in [1.54, 1.807) is 24.1 Å². The molecule has 7 rings (SSSR count). The van der Waals surface area contributed by atoms with E-state index in [1.807, 2.05) is 36.4 Å². The summed E-state index contributed by atoms with van der Waals surface area (Å²) in [4.78, 5) is 40.4. The SMILES string of the molecule is COc1cc2c(Nc3ccc(CC(=O)C(C4CCCCC4)N4Cc5ccccc5C4=O)cc3F)ncnc2cc1OCC1CCN(C)CC1. The van der Waals surface area contributed by atoms with E-state index in [0.29, 0.717) is 58.4 Å². The lowest BCUT2D eigenvalue weighted by Crippen LogP contribution is -2.47. The van der Waals surface area contributed by atoms with Crippen LogP contribution in [0.15, 0.2) is 60.9 Å². The number of aromatic nitrogens is 2. The summed E-state index contributed by atoms with van der Waals surface area (Å²) in [7, 11) is 3.74. The Labute approximate surface area is 286 Å². The van der Waals surface area contributed by atoms with Crippen molar-refractivity contribution in [3.8, 4) is 11.5 Å². The van der Waals surface area contributed by atoms with Gasteiger partial charge >= 0.3 is 0 Å². The second kappa shape index (κ2) is 14.5. The first kappa shape index (κ1) is 33.0. The maximum Gasteiger partial charge on any atom is 0.255 e. The number of likely N-dealkylation sites (tertiary alicyclic amines) is 1. The molecule has 1 unspecified atom stereocenters. The van der Waals surface area contributed by atoms with Crippen molar-refractivity contribution in [1.29, 1.82) is 0 Å². The van der Waals surface area contributed by atoms with Crippen LogP contribution in [0.2, 0.25) is 0 Å². The number of Topliss-reactive ketones (excluding diaryl/α,β-unsaturated/α-hetero) is 1. The lowest BCUT2D eigenvalue weighted by molar-refractivity contribution is -0.125. The Morgan fingerprint density at radius 3 is 2.55 bits per heavy atom. The number of hydrogen-bond acceptors (Lipinski definition) is 8. The molecule has 2 aliphatic heterocycles. The minimum atomic E-state index is -0.526. The molecule has 2 fully saturated rings. The van der Waals surface area contributed by atoms with E-state index in [9.17, 15) is 9.59 Å². The maximum absolute atomic E-state index is 15.7. The molecule has 1 N–H and O–H groups in total. The van der Waals surface area contributed by atoms with Gasteiger partial charge in [-0.15, -0.1) is 0 Å². The third kappa shape index (κ3) is 7.11. The standard InChI is InChI=1S/C39H44FN5O4/c1-44-16-14-25(15-17-44)23-49-36-21-33-30(20-35(36)48-2)38(42-24-41-33)43-32-13-12-26(18-31(32)40)19-34(46)37(27-8-4-3-5-9-27)45-22-28-10-6-7-11-29(28)39(45)47/h6-7,10-13,18,20-21,24-25,27,37H,3-5,8-9,14-17,19,22-23H2,1-2H3,(H,41,42,43). The van der Waals surface area contributed by atoms with E-state index >= 15 is 4.39 Å². The number of amides is 1. The van der Waals surface area contributed by atoms with Crippen LogP contribution < -0.4 is 14.8 Å². The lowest BCUT2D eigenvalue weighted by Gasteiger charge is -2.35. The minimum Gasteiger partial charge on any atom is -0.493 e. The quantitative estimate of drug-likeness (QED) is 0.184. The van der Waals surface area contributed by atoms with E-state index in [1.165, 1.54) is 12.4 Å². The van der Waals surface area contributed by atoms with Crippen molar-refractivity contribution >= 4 is 34.1 Å². The number of ketones is 1. The predicted octanol–water partition coefficient (Wildman–Crippen LogP) is 6.96. The van der Waals surface area contributed by atoms with E-state index in [0.717, 1.165) is 63.6 Å². The highest BCUT2D eigenvalue weighted by molar-refractivity contribution is 6.01. The summed E-state index contributed by atoms with van der Waals surface area (Å²) >= 11 is 0. The number of halogens is 1. The van der Waals surface area contributed by atoms with Crippen molar-refractivity contribution in [2.24, 2.45) is 11.8 Å². The van der Waals surface area contributed by atoms with Crippen LogP contribution in [0.1, 0.15) is 66.4 Å². The Bertz CT molecular complexity index is 1840. The fraction of sp³-hybridized carbons (Fsp3) is 0.436. The first-order valence-electron chi connectivity index (χ1n) is 17.5. The second-order valence-electron chi connectivity index (χ2n) is 13.8. The zero-order chi connectivity index (χ0) is 33.9. The molecule has 10 heteroatoms. The zero-order valence-corrected chi connectivity index (χ0v) is 28.3. The van der Waals surface area contributed by atoms with E-state index in [2.05, 4.69) is 27.2 Å².